The maximum Gasteiger partial charge on any atom is 0.308 e. The largest absolute Gasteiger partial charge is 0.481 e. The zero-order chi connectivity index (χ0) is 13.1. The monoisotopic (exact) mass is 276 g/mol. The highest BCUT2D eigenvalue weighted by Crippen LogP contribution is 2.26. The molecule has 1 heterocycles. The highest BCUT2D eigenvalue weighted by molar-refractivity contribution is 7.14. The molecule has 1 aromatic rings. The standard InChI is InChI=1S/C11H17ClN2O2S/c1-11(2,3)4-7(9(15)16)5-13-10-14-8(12)6-17-10/h6-7H,4-5H2,1-3H3,(H,13,14)(H,15,16). The Kier molecular flexibility index (Phi) is 4.77. The summed E-state index contributed by atoms with van der Waals surface area (Å²) in [6, 6.07) is 0. The number of hydrogen-bond donors (Lipinski definition) is 2. The van der Waals surface area contributed by atoms with E-state index < -0.39 is 11.9 Å². The van der Waals surface area contributed by atoms with Crippen molar-refractivity contribution in [2.45, 2.75) is 27.2 Å². The van der Waals surface area contributed by atoms with Gasteiger partial charge in [0.15, 0.2) is 5.13 Å². The molecule has 2 N–H and O–H groups in total. The van der Waals surface area contributed by atoms with Gasteiger partial charge in [-0.1, -0.05) is 32.4 Å². The van der Waals surface area contributed by atoms with Gasteiger partial charge >= 0.3 is 5.97 Å². The lowest BCUT2D eigenvalue weighted by molar-refractivity contribution is -0.142. The molecule has 0 amide bonds. The molecule has 1 unspecified atom stereocenters. The fourth-order valence-electron chi connectivity index (χ4n) is 1.53. The summed E-state index contributed by atoms with van der Waals surface area (Å²) in [4.78, 5) is 15.1. The van der Waals surface area contributed by atoms with Crippen molar-refractivity contribution in [1.82, 2.24) is 4.98 Å². The van der Waals surface area contributed by atoms with E-state index in [0.717, 1.165) is 0 Å². The average molecular weight is 277 g/mol. The van der Waals surface area contributed by atoms with E-state index in [4.69, 9.17) is 16.7 Å². The van der Waals surface area contributed by atoms with Gasteiger partial charge in [-0.05, 0) is 11.8 Å². The first-order valence-electron chi connectivity index (χ1n) is 5.35. The van der Waals surface area contributed by atoms with E-state index in [1.165, 1.54) is 11.3 Å². The summed E-state index contributed by atoms with van der Waals surface area (Å²) in [5.41, 5.74) is -0.00867. The van der Waals surface area contributed by atoms with Crippen LogP contribution in [0.2, 0.25) is 5.15 Å². The van der Waals surface area contributed by atoms with E-state index in [0.29, 0.717) is 23.3 Å². The van der Waals surface area contributed by atoms with Gasteiger partial charge in [-0.25, -0.2) is 4.98 Å². The summed E-state index contributed by atoms with van der Waals surface area (Å²) < 4.78 is 0. The molecule has 1 aromatic heterocycles. The van der Waals surface area contributed by atoms with Crippen molar-refractivity contribution in [3.05, 3.63) is 10.5 Å². The number of anilines is 1. The van der Waals surface area contributed by atoms with Crippen molar-refractivity contribution in [1.29, 1.82) is 0 Å². The molecule has 96 valence electrons. The Morgan fingerprint density at radius 2 is 2.29 bits per heavy atom. The van der Waals surface area contributed by atoms with Gasteiger partial charge in [0.1, 0.15) is 5.15 Å². The van der Waals surface area contributed by atoms with E-state index in [2.05, 4.69) is 10.3 Å². The van der Waals surface area contributed by atoms with Crippen molar-refractivity contribution < 1.29 is 9.90 Å². The van der Waals surface area contributed by atoms with Crippen molar-refractivity contribution in [3.8, 4) is 0 Å². The fourth-order valence-corrected chi connectivity index (χ4v) is 2.38. The minimum Gasteiger partial charge on any atom is -0.481 e. The quantitative estimate of drug-likeness (QED) is 0.866. The zero-order valence-corrected chi connectivity index (χ0v) is 11.7. The van der Waals surface area contributed by atoms with E-state index in [9.17, 15) is 4.79 Å². The summed E-state index contributed by atoms with van der Waals surface area (Å²) in [6.07, 6.45) is 0.619. The van der Waals surface area contributed by atoms with Crippen molar-refractivity contribution in [2.75, 3.05) is 11.9 Å². The van der Waals surface area contributed by atoms with Crippen LogP contribution in [-0.4, -0.2) is 22.6 Å². The Labute approximate surface area is 110 Å². The molecule has 0 aliphatic heterocycles. The first-order valence-corrected chi connectivity index (χ1v) is 6.61. The van der Waals surface area contributed by atoms with Crippen LogP contribution in [0.4, 0.5) is 5.13 Å². The second-order valence-corrected chi connectivity index (χ2v) is 6.40. The van der Waals surface area contributed by atoms with Crippen LogP contribution in [0.3, 0.4) is 0 Å². The number of hydrogen-bond acceptors (Lipinski definition) is 4. The lowest BCUT2D eigenvalue weighted by Gasteiger charge is -2.23. The lowest BCUT2D eigenvalue weighted by Crippen LogP contribution is -2.27. The van der Waals surface area contributed by atoms with Crippen LogP contribution in [0.5, 0.6) is 0 Å². The number of carboxylic acids is 1. The molecule has 1 atom stereocenters. The second-order valence-electron chi connectivity index (χ2n) is 5.16. The average Bonchev–Trinajstić information content (AvgIpc) is 2.56. The molecule has 0 radical (unpaired) electrons. The number of halogens is 1. The molecule has 1 rings (SSSR count). The molecule has 0 bridgehead atoms. The predicted molar refractivity (Wildman–Crippen MR) is 70.8 cm³/mol. The highest BCUT2D eigenvalue weighted by atomic mass is 35.5. The van der Waals surface area contributed by atoms with Crippen LogP contribution < -0.4 is 5.32 Å². The van der Waals surface area contributed by atoms with Crippen LogP contribution >= 0.6 is 22.9 Å². The maximum absolute atomic E-state index is 11.1. The Balaban J connectivity index is 2.53. The first kappa shape index (κ1) is 14.3. The first-order chi connectivity index (χ1) is 7.78. The van der Waals surface area contributed by atoms with Crippen LogP contribution in [0.15, 0.2) is 5.38 Å². The normalized spacial score (nSPS) is 13.4. The van der Waals surface area contributed by atoms with Gasteiger partial charge in [0.25, 0.3) is 0 Å². The summed E-state index contributed by atoms with van der Waals surface area (Å²) in [7, 11) is 0. The number of nitrogens with one attached hydrogen (secondary N) is 1. The predicted octanol–water partition coefficient (Wildman–Crippen LogP) is 3.35. The summed E-state index contributed by atoms with van der Waals surface area (Å²) >= 11 is 7.06. The molecular weight excluding hydrogens is 260 g/mol. The van der Waals surface area contributed by atoms with Gasteiger partial charge < -0.3 is 10.4 Å². The lowest BCUT2D eigenvalue weighted by atomic mass is 9.84. The van der Waals surface area contributed by atoms with Crippen molar-refractivity contribution in [3.63, 3.8) is 0 Å². The Bertz CT molecular complexity index is 387. The third-order valence-electron chi connectivity index (χ3n) is 2.18. The minimum absolute atomic E-state index is 0.00867. The van der Waals surface area contributed by atoms with Crippen LogP contribution in [0, 0.1) is 11.3 Å². The number of nitrogens with zero attached hydrogens (tertiary/aromatic N) is 1. The van der Waals surface area contributed by atoms with Crippen molar-refractivity contribution in [2.24, 2.45) is 11.3 Å². The molecule has 17 heavy (non-hydrogen) atoms. The van der Waals surface area contributed by atoms with E-state index in [1.54, 1.807) is 5.38 Å². The fraction of sp³-hybridized carbons (Fsp3) is 0.636. The number of aromatic nitrogens is 1. The molecule has 0 saturated heterocycles. The topological polar surface area (TPSA) is 62.2 Å². The summed E-state index contributed by atoms with van der Waals surface area (Å²) in [5.74, 6) is -1.20. The van der Waals surface area contributed by atoms with E-state index in [1.807, 2.05) is 20.8 Å². The minimum atomic E-state index is -0.782. The molecule has 6 heteroatoms. The molecule has 0 aromatic carbocycles. The van der Waals surface area contributed by atoms with E-state index in [-0.39, 0.29) is 5.41 Å². The molecular formula is C11H17ClN2O2S. The molecule has 0 spiro atoms. The SMILES string of the molecule is CC(C)(C)CC(CNc1nc(Cl)cs1)C(=O)O. The molecule has 0 aliphatic carbocycles. The van der Waals surface area contributed by atoms with Gasteiger partial charge in [-0.3, -0.25) is 4.79 Å². The highest BCUT2D eigenvalue weighted by Gasteiger charge is 2.24. The van der Waals surface area contributed by atoms with Gasteiger partial charge in [0, 0.05) is 11.9 Å². The second kappa shape index (κ2) is 5.69. The summed E-state index contributed by atoms with van der Waals surface area (Å²) in [6.45, 7) is 6.46. The molecule has 4 nitrogen and oxygen atoms in total. The van der Waals surface area contributed by atoms with Crippen LogP contribution in [0.25, 0.3) is 0 Å². The smallest absolute Gasteiger partial charge is 0.308 e. The Morgan fingerprint density at radius 3 is 2.71 bits per heavy atom. The van der Waals surface area contributed by atoms with Gasteiger partial charge in [-0.2, -0.15) is 0 Å². The Morgan fingerprint density at radius 1 is 1.65 bits per heavy atom. The van der Waals surface area contributed by atoms with E-state index >= 15 is 0 Å². The Hall–Kier alpha value is -0.810. The summed E-state index contributed by atoms with van der Waals surface area (Å²) in [5, 5.41) is 15.0. The van der Waals surface area contributed by atoms with Crippen molar-refractivity contribution >= 4 is 34.0 Å². The number of rotatable bonds is 5. The number of thiazole rings is 1. The third kappa shape index (κ3) is 5.37. The third-order valence-corrected chi connectivity index (χ3v) is 3.31. The molecule has 0 saturated carbocycles. The van der Waals surface area contributed by atoms with Crippen LogP contribution in [-0.2, 0) is 4.79 Å². The number of carbonyl (C=O) groups is 1. The maximum atomic E-state index is 11.1. The van der Waals surface area contributed by atoms with Gasteiger partial charge in [0.2, 0.25) is 0 Å². The van der Waals surface area contributed by atoms with Gasteiger partial charge in [-0.15, -0.1) is 11.3 Å². The number of aliphatic carboxylic acids is 1. The zero-order valence-electron chi connectivity index (χ0n) is 10.2. The van der Waals surface area contributed by atoms with Crippen LogP contribution in [0.1, 0.15) is 27.2 Å². The molecule has 0 fully saturated rings. The molecule has 0 aliphatic rings. The van der Waals surface area contributed by atoms with Gasteiger partial charge in [0.05, 0.1) is 5.92 Å². The number of carboxylic acid groups (broad SMARTS) is 1.